The molecular formula is C16H23N3O3. The zero-order valence-corrected chi connectivity index (χ0v) is 13.4. The molecule has 3 amide bonds. The van der Waals surface area contributed by atoms with Gasteiger partial charge in [0.1, 0.15) is 17.1 Å². The summed E-state index contributed by atoms with van der Waals surface area (Å²) in [5.74, 6) is 1.69. The highest BCUT2D eigenvalue weighted by atomic mass is 16.3. The fourth-order valence-electron chi connectivity index (χ4n) is 2.85. The van der Waals surface area contributed by atoms with Gasteiger partial charge in [0.2, 0.25) is 0 Å². The number of carbonyl (C=O) groups is 2. The Morgan fingerprint density at radius 3 is 2.59 bits per heavy atom. The Morgan fingerprint density at radius 2 is 2.09 bits per heavy atom. The summed E-state index contributed by atoms with van der Waals surface area (Å²) in [6.07, 6.45) is 2.34. The normalized spacial score (nSPS) is 20.8. The van der Waals surface area contributed by atoms with Crippen LogP contribution in [0.5, 0.6) is 0 Å². The number of nitrogens with one attached hydrogen (secondary N) is 1. The standard InChI is InChI=1S/C16H23N3O3/c1-11-4-7-13(22-11)10-18(12-5-6-12)8-9-19-14(20)16(2,3)17-15(19)21/h4,7,12H,5-6,8-10H2,1-3H3,(H,17,21). The Balaban J connectivity index is 1.60. The van der Waals surface area contributed by atoms with Crippen molar-refractivity contribution >= 4 is 11.9 Å². The van der Waals surface area contributed by atoms with Crippen LogP contribution in [0.25, 0.3) is 0 Å². The molecule has 6 nitrogen and oxygen atoms in total. The van der Waals surface area contributed by atoms with Crippen LogP contribution >= 0.6 is 0 Å². The molecule has 0 bridgehead atoms. The summed E-state index contributed by atoms with van der Waals surface area (Å²) in [6, 6.07) is 4.20. The third-order valence-corrected chi connectivity index (χ3v) is 4.27. The quantitative estimate of drug-likeness (QED) is 0.815. The Kier molecular flexibility index (Phi) is 3.72. The number of hydrogen-bond donors (Lipinski definition) is 1. The van der Waals surface area contributed by atoms with Crippen LogP contribution < -0.4 is 5.32 Å². The van der Waals surface area contributed by atoms with Gasteiger partial charge in [-0.05, 0) is 45.7 Å². The summed E-state index contributed by atoms with van der Waals surface area (Å²) in [6.45, 7) is 7.23. The van der Waals surface area contributed by atoms with Gasteiger partial charge in [-0.25, -0.2) is 4.79 Å². The zero-order chi connectivity index (χ0) is 15.9. The minimum absolute atomic E-state index is 0.151. The lowest BCUT2D eigenvalue weighted by atomic mass is 10.1. The molecule has 0 aromatic carbocycles. The molecule has 2 fully saturated rings. The molecule has 3 rings (SSSR count). The lowest BCUT2D eigenvalue weighted by Crippen LogP contribution is -2.42. The van der Waals surface area contributed by atoms with E-state index in [4.69, 9.17) is 4.42 Å². The van der Waals surface area contributed by atoms with Crippen LogP contribution in [-0.2, 0) is 11.3 Å². The molecule has 1 aliphatic carbocycles. The lowest BCUT2D eigenvalue weighted by Gasteiger charge is -2.23. The molecule has 22 heavy (non-hydrogen) atoms. The molecule has 2 aliphatic rings. The average molecular weight is 305 g/mol. The second kappa shape index (κ2) is 5.43. The highest BCUT2D eigenvalue weighted by Crippen LogP contribution is 2.28. The van der Waals surface area contributed by atoms with Crippen LogP contribution in [0.2, 0.25) is 0 Å². The monoisotopic (exact) mass is 305 g/mol. The number of aryl methyl sites for hydroxylation is 1. The van der Waals surface area contributed by atoms with Crippen molar-refractivity contribution in [2.24, 2.45) is 0 Å². The van der Waals surface area contributed by atoms with Gasteiger partial charge in [0.25, 0.3) is 5.91 Å². The summed E-state index contributed by atoms with van der Waals surface area (Å²) in [5.41, 5.74) is -0.792. The fraction of sp³-hybridized carbons (Fsp3) is 0.625. The molecule has 0 spiro atoms. The first-order valence-corrected chi connectivity index (χ1v) is 7.80. The van der Waals surface area contributed by atoms with Crippen molar-refractivity contribution in [1.82, 2.24) is 15.1 Å². The van der Waals surface area contributed by atoms with Crippen LogP contribution in [0.1, 0.15) is 38.2 Å². The number of amides is 3. The van der Waals surface area contributed by atoms with Crippen molar-refractivity contribution in [3.05, 3.63) is 23.7 Å². The van der Waals surface area contributed by atoms with E-state index in [1.165, 1.54) is 17.7 Å². The highest BCUT2D eigenvalue weighted by Gasteiger charge is 2.44. The van der Waals surface area contributed by atoms with Gasteiger partial charge < -0.3 is 9.73 Å². The molecule has 0 radical (unpaired) electrons. The van der Waals surface area contributed by atoms with Gasteiger partial charge in [0.15, 0.2) is 0 Å². The zero-order valence-electron chi connectivity index (χ0n) is 13.4. The van der Waals surface area contributed by atoms with Crippen molar-refractivity contribution < 1.29 is 14.0 Å². The molecule has 1 saturated carbocycles. The van der Waals surface area contributed by atoms with E-state index >= 15 is 0 Å². The van der Waals surface area contributed by atoms with Crippen LogP contribution in [0.3, 0.4) is 0 Å². The molecule has 1 saturated heterocycles. The number of urea groups is 1. The van der Waals surface area contributed by atoms with Gasteiger partial charge in [0.05, 0.1) is 6.54 Å². The minimum atomic E-state index is -0.792. The maximum atomic E-state index is 12.2. The average Bonchev–Trinajstić information content (AvgIpc) is 3.16. The van der Waals surface area contributed by atoms with Crippen molar-refractivity contribution in [1.29, 1.82) is 0 Å². The van der Waals surface area contributed by atoms with E-state index < -0.39 is 5.54 Å². The van der Waals surface area contributed by atoms with Crippen LogP contribution in [0, 0.1) is 6.92 Å². The van der Waals surface area contributed by atoms with E-state index in [1.807, 2.05) is 19.1 Å². The van der Waals surface area contributed by atoms with E-state index in [0.29, 0.717) is 19.1 Å². The molecule has 1 aromatic heterocycles. The fourth-order valence-corrected chi connectivity index (χ4v) is 2.85. The Bertz CT molecular complexity index is 589. The Labute approximate surface area is 130 Å². The third-order valence-electron chi connectivity index (χ3n) is 4.27. The maximum Gasteiger partial charge on any atom is 0.325 e. The summed E-state index contributed by atoms with van der Waals surface area (Å²) in [7, 11) is 0. The summed E-state index contributed by atoms with van der Waals surface area (Å²) >= 11 is 0. The smallest absolute Gasteiger partial charge is 0.325 e. The number of hydrogen-bond acceptors (Lipinski definition) is 4. The van der Waals surface area contributed by atoms with Gasteiger partial charge >= 0.3 is 6.03 Å². The van der Waals surface area contributed by atoms with Crippen LogP contribution in [0.15, 0.2) is 16.5 Å². The first-order valence-electron chi connectivity index (χ1n) is 7.80. The molecule has 1 aliphatic heterocycles. The molecule has 2 heterocycles. The van der Waals surface area contributed by atoms with E-state index in [2.05, 4.69) is 10.2 Å². The first-order chi connectivity index (χ1) is 10.4. The van der Waals surface area contributed by atoms with Gasteiger partial charge in [-0.15, -0.1) is 0 Å². The van der Waals surface area contributed by atoms with Crippen molar-refractivity contribution in [3.8, 4) is 0 Å². The molecular weight excluding hydrogens is 282 g/mol. The summed E-state index contributed by atoms with van der Waals surface area (Å²) < 4.78 is 5.64. The molecule has 0 unspecified atom stereocenters. The van der Waals surface area contributed by atoms with E-state index in [0.717, 1.165) is 18.1 Å². The maximum absolute atomic E-state index is 12.2. The van der Waals surface area contributed by atoms with Gasteiger partial charge in [-0.3, -0.25) is 14.6 Å². The lowest BCUT2D eigenvalue weighted by molar-refractivity contribution is -0.130. The van der Waals surface area contributed by atoms with E-state index in [1.54, 1.807) is 13.8 Å². The number of rotatable bonds is 6. The van der Waals surface area contributed by atoms with E-state index in [9.17, 15) is 9.59 Å². The van der Waals surface area contributed by atoms with E-state index in [-0.39, 0.29) is 11.9 Å². The van der Waals surface area contributed by atoms with Gasteiger partial charge in [-0.2, -0.15) is 0 Å². The molecule has 1 aromatic rings. The molecule has 0 atom stereocenters. The SMILES string of the molecule is Cc1ccc(CN(CCN2C(=O)NC(C)(C)C2=O)C2CC2)o1. The van der Waals surface area contributed by atoms with Crippen molar-refractivity contribution in [2.45, 2.75) is 51.7 Å². The molecule has 120 valence electrons. The summed E-state index contributed by atoms with van der Waals surface area (Å²) in [5, 5.41) is 2.72. The van der Waals surface area contributed by atoms with Gasteiger partial charge in [-0.1, -0.05) is 0 Å². The number of furan rings is 1. The van der Waals surface area contributed by atoms with Crippen molar-refractivity contribution in [2.75, 3.05) is 13.1 Å². The first kappa shape index (κ1) is 15.1. The Hall–Kier alpha value is -1.82. The van der Waals surface area contributed by atoms with Crippen LogP contribution in [0.4, 0.5) is 4.79 Å². The number of nitrogens with zero attached hydrogens (tertiary/aromatic N) is 2. The molecule has 1 N–H and O–H groups in total. The predicted molar refractivity (Wildman–Crippen MR) is 81.2 cm³/mol. The Morgan fingerprint density at radius 1 is 1.36 bits per heavy atom. The second-order valence-corrected chi connectivity index (χ2v) is 6.73. The molecule has 6 heteroatoms. The van der Waals surface area contributed by atoms with Crippen LogP contribution in [-0.4, -0.2) is 46.4 Å². The van der Waals surface area contributed by atoms with Crippen molar-refractivity contribution in [3.63, 3.8) is 0 Å². The minimum Gasteiger partial charge on any atom is -0.465 e. The van der Waals surface area contributed by atoms with Gasteiger partial charge in [0, 0.05) is 19.1 Å². The topological polar surface area (TPSA) is 65.8 Å². The second-order valence-electron chi connectivity index (χ2n) is 6.73. The largest absolute Gasteiger partial charge is 0.465 e. The number of imide groups is 1. The summed E-state index contributed by atoms with van der Waals surface area (Å²) in [4.78, 5) is 27.7. The third kappa shape index (κ3) is 3.02. The highest BCUT2D eigenvalue weighted by molar-refractivity contribution is 6.06. The predicted octanol–water partition coefficient (Wildman–Crippen LogP) is 1.88. The number of carbonyl (C=O) groups excluding carboxylic acids is 2.